The van der Waals surface area contributed by atoms with Crippen molar-refractivity contribution in [3.63, 3.8) is 0 Å². The molecule has 0 aliphatic heterocycles. The smallest absolute Gasteiger partial charge is 0.160 e. The molecule has 2 atom stereocenters. The molecule has 5 rings (SSSR count). The Bertz CT molecular complexity index is 1420. The Hall–Kier alpha value is -2.82. The van der Waals surface area contributed by atoms with Gasteiger partial charge in [0, 0.05) is 15.2 Å². The molecule has 2 aromatic heterocycles. The second-order valence-corrected chi connectivity index (χ2v) is 14.7. The van der Waals surface area contributed by atoms with Gasteiger partial charge in [-0.3, -0.25) is 9.59 Å². The van der Waals surface area contributed by atoms with Crippen molar-refractivity contribution in [2.45, 2.75) is 97.3 Å². The van der Waals surface area contributed by atoms with Gasteiger partial charge in [-0.25, -0.2) is 0 Å². The first kappa shape index (κ1) is 31.6. The summed E-state index contributed by atoms with van der Waals surface area (Å²) in [6.45, 7) is 9.38. The van der Waals surface area contributed by atoms with Gasteiger partial charge in [0.1, 0.15) is 0 Å². The van der Waals surface area contributed by atoms with E-state index in [9.17, 15) is 9.59 Å². The molecule has 226 valence electrons. The van der Waals surface area contributed by atoms with Crippen LogP contribution in [-0.4, -0.2) is 12.6 Å². The van der Waals surface area contributed by atoms with Crippen LogP contribution in [0, 0.1) is 11.8 Å². The lowest BCUT2D eigenvalue weighted by atomic mass is 9.65. The lowest BCUT2D eigenvalue weighted by Crippen LogP contribution is -2.31. The third-order valence-electron chi connectivity index (χ3n) is 9.78. The molecular weight excluding hydrogens is 565 g/mol. The van der Waals surface area contributed by atoms with E-state index in [0.29, 0.717) is 11.8 Å². The number of hydrogen-bond acceptors (Lipinski definition) is 4. The minimum Gasteiger partial charge on any atom is -0.297 e. The van der Waals surface area contributed by atoms with Crippen LogP contribution in [-0.2, 0) is 5.41 Å². The second kappa shape index (κ2) is 14.3. The highest BCUT2D eigenvalue weighted by Gasteiger charge is 2.45. The summed E-state index contributed by atoms with van der Waals surface area (Å²) in [5.41, 5.74) is 8.04. The molecule has 4 aromatic rings. The van der Waals surface area contributed by atoms with Crippen molar-refractivity contribution in [1.82, 2.24) is 0 Å². The van der Waals surface area contributed by atoms with Crippen molar-refractivity contribution >= 4 is 35.2 Å². The van der Waals surface area contributed by atoms with Crippen LogP contribution >= 0.6 is 22.7 Å². The van der Waals surface area contributed by atoms with E-state index in [1.54, 1.807) is 22.7 Å². The van der Waals surface area contributed by atoms with Crippen molar-refractivity contribution in [2.24, 2.45) is 11.8 Å². The normalized spacial score (nSPS) is 14.7. The predicted octanol–water partition coefficient (Wildman–Crippen LogP) is 12.2. The van der Waals surface area contributed by atoms with E-state index >= 15 is 0 Å². The largest absolute Gasteiger partial charge is 0.297 e. The Labute approximate surface area is 266 Å². The topological polar surface area (TPSA) is 34.1 Å². The Morgan fingerprint density at radius 1 is 0.628 bits per heavy atom. The van der Waals surface area contributed by atoms with Gasteiger partial charge >= 0.3 is 0 Å². The standard InChI is InChI=1S/C39H46O2S2/c1-5-9-11-27(7-3)23-39(24-28(8-4)12-10-6-2)35-21-29(37-19-15-31(25-40)42-37)13-17-33(35)34-18-14-30(22-36(34)39)38-20-16-32(26-41)43-38/h13-22,25-28H,5-12,23-24H2,1-4H3. The monoisotopic (exact) mass is 610 g/mol. The van der Waals surface area contributed by atoms with Crippen molar-refractivity contribution in [2.75, 3.05) is 0 Å². The van der Waals surface area contributed by atoms with E-state index in [1.807, 2.05) is 12.1 Å². The molecule has 2 unspecified atom stereocenters. The van der Waals surface area contributed by atoms with Crippen LogP contribution in [0.15, 0.2) is 60.7 Å². The van der Waals surface area contributed by atoms with Crippen molar-refractivity contribution in [1.29, 1.82) is 0 Å². The molecule has 4 heteroatoms. The maximum Gasteiger partial charge on any atom is 0.160 e. The summed E-state index contributed by atoms with van der Waals surface area (Å²) in [7, 11) is 0. The number of benzene rings is 2. The van der Waals surface area contributed by atoms with Crippen LogP contribution in [0.3, 0.4) is 0 Å². The highest BCUT2D eigenvalue weighted by atomic mass is 32.1. The quantitative estimate of drug-likeness (QED) is 0.118. The van der Waals surface area contributed by atoms with Gasteiger partial charge in [0.25, 0.3) is 0 Å². The number of hydrogen-bond donors (Lipinski definition) is 0. The first-order chi connectivity index (χ1) is 21.0. The molecule has 0 spiro atoms. The molecule has 0 saturated carbocycles. The minimum absolute atomic E-state index is 0.0744. The van der Waals surface area contributed by atoms with Crippen LogP contribution in [0.25, 0.3) is 32.0 Å². The first-order valence-corrected chi connectivity index (χ1v) is 18.0. The summed E-state index contributed by atoms with van der Waals surface area (Å²) in [5.74, 6) is 1.31. The maximum atomic E-state index is 11.5. The number of aldehydes is 2. The molecule has 0 amide bonds. The van der Waals surface area contributed by atoms with Crippen LogP contribution in [0.4, 0.5) is 0 Å². The molecule has 0 radical (unpaired) electrons. The van der Waals surface area contributed by atoms with E-state index in [1.165, 1.54) is 84.7 Å². The molecule has 2 aromatic carbocycles. The summed E-state index contributed by atoms with van der Waals surface area (Å²) in [6.07, 6.45) is 14.2. The zero-order valence-electron chi connectivity index (χ0n) is 26.3. The molecule has 0 bridgehead atoms. The van der Waals surface area contributed by atoms with E-state index in [4.69, 9.17) is 0 Å². The Morgan fingerprint density at radius 2 is 1.07 bits per heavy atom. The second-order valence-electron chi connectivity index (χ2n) is 12.5. The Kier molecular flexibility index (Phi) is 10.5. The third-order valence-corrected chi connectivity index (χ3v) is 11.9. The Balaban J connectivity index is 1.73. The lowest BCUT2D eigenvalue weighted by molar-refractivity contribution is 0.111. The minimum atomic E-state index is -0.0744. The number of unbranched alkanes of at least 4 members (excludes halogenated alkanes) is 2. The first-order valence-electron chi connectivity index (χ1n) is 16.4. The van der Waals surface area contributed by atoms with Gasteiger partial charge in [-0.15, -0.1) is 22.7 Å². The van der Waals surface area contributed by atoms with Gasteiger partial charge in [0.2, 0.25) is 0 Å². The van der Waals surface area contributed by atoms with Crippen LogP contribution in [0.2, 0.25) is 0 Å². The molecule has 0 saturated heterocycles. The Morgan fingerprint density at radius 3 is 1.42 bits per heavy atom. The fourth-order valence-electron chi connectivity index (χ4n) is 7.34. The van der Waals surface area contributed by atoms with E-state index in [-0.39, 0.29) is 5.41 Å². The summed E-state index contributed by atoms with van der Waals surface area (Å²) < 4.78 is 0. The van der Waals surface area contributed by atoms with Gasteiger partial charge in [0.05, 0.1) is 9.75 Å². The number of rotatable bonds is 16. The van der Waals surface area contributed by atoms with Crippen molar-refractivity contribution in [3.05, 3.63) is 81.5 Å². The zero-order chi connectivity index (χ0) is 30.4. The zero-order valence-corrected chi connectivity index (χ0v) is 27.9. The molecule has 2 nitrogen and oxygen atoms in total. The summed E-state index contributed by atoms with van der Waals surface area (Å²) in [4.78, 5) is 26.9. The maximum absolute atomic E-state index is 11.5. The fourth-order valence-corrected chi connectivity index (χ4v) is 8.98. The van der Waals surface area contributed by atoms with Gasteiger partial charge in [-0.05, 0) is 94.5 Å². The number of carbonyl (C=O) groups is 2. The number of fused-ring (bicyclic) bond motifs is 3. The van der Waals surface area contributed by atoms with Crippen molar-refractivity contribution < 1.29 is 9.59 Å². The molecule has 1 aliphatic carbocycles. The van der Waals surface area contributed by atoms with Crippen LogP contribution < -0.4 is 0 Å². The van der Waals surface area contributed by atoms with E-state index < -0.39 is 0 Å². The van der Waals surface area contributed by atoms with E-state index in [2.05, 4.69) is 76.2 Å². The number of thiophene rings is 2. The summed E-state index contributed by atoms with van der Waals surface area (Å²) in [6, 6.07) is 22.3. The molecule has 0 fully saturated rings. The average molecular weight is 611 g/mol. The number of carbonyl (C=O) groups excluding carboxylic acids is 2. The predicted molar refractivity (Wildman–Crippen MR) is 186 cm³/mol. The molecule has 43 heavy (non-hydrogen) atoms. The van der Waals surface area contributed by atoms with E-state index in [0.717, 1.165) is 44.9 Å². The SMILES string of the molecule is CCCCC(CC)CC1(CC(CC)CCCC)c2cc(-c3ccc(C=O)s3)ccc2-c2ccc(-c3ccc(C=O)s3)cc21. The van der Waals surface area contributed by atoms with Crippen molar-refractivity contribution in [3.8, 4) is 32.0 Å². The fraction of sp³-hybridized carbons (Fsp3) is 0.436. The highest BCUT2D eigenvalue weighted by molar-refractivity contribution is 7.17. The van der Waals surface area contributed by atoms with Crippen LogP contribution in [0.5, 0.6) is 0 Å². The van der Waals surface area contributed by atoms with Crippen LogP contribution in [0.1, 0.15) is 122 Å². The third kappa shape index (κ3) is 6.51. The van der Waals surface area contributed by atoms with Gasteiger partial charge in [-0.1, -0.05) is 103 Å². The average Bonchev–Trinajstić information content (AvgIpc) is 3.79. The lowest BCUT2D eigenvalue weighted by Gasteiger charge is -2.39. The molecular formula is C39H46O2S2. The summed E-state index contributed by atoms with van der Waals surface area (Å²) in [5, 5.41) is 0. The van der Waals surface area contributed by atoms with Gasteiger partial charge < -0.3 is 0 Å². The molecule has 2 heterocycles. The molecule has 0 N–H and O–H groups in total. The van der Waals surface area contributed by atoms with Gasteiger partial charge in [0.15, 0.2) is 12.6 Å². The molecule has 1 aliphatic rings. The van der Waals surface area contributed by atoms with Gasteiger partial charge in [-0.2, -0.15) is 0 Å². The summed E-state index contributed by atoms with van der Waals surface area (Å²) >= 11 is 3.17. The highest BCUT2D eigenvalue weighted by Crippen LogP contribution is 2.57.